The number of hydrogen-bond acceptors (Lipinski definition) is 5. The number of aromatic nitrogens is 3. The van der Waals surface area contributed by atoms with Crippen LogP contribution in [-0.4, -0.2) is 64.5 Å². The highest BCUT2D eigenvalue weighted by Crippen LogP contribution is 2.32. The van der Waals surface area contributed by atoms with Gasteiger partial charge in [-0.3, -0.25) is 4.79 Å². The van der Waals surface area contributed by atoms with Crippen LogP contribution in [0.25, 0.3) is 0 Å². The van der Waals surface area contributed by atoms with Crippen LogP contribution in [0.5, 0.6) is 0 Å². The van der Waals surface area contributed by atoms with Crippen LogP contribution in [0.15, 0.2) is 35.7 Å². The molecule has 1 aliphatic rings. The summed E-state index contributed by atoms with van der Waals surface area (Å²) in [5, 5.41) is 4.25. The maximum Gasteiger partial charge on any atom is 0.247 e. The Morgan fingerprint density at radius 2 is 1.71 bits per heavy atom. The molecule has 0 N–H and O–H groups in total. The molecule has 28 heavy (non-hydrogen) atoms. The number of rotatable bonds is 5. The van der Waals surface area contributed by atoms with E-state index >= 15 is 0 Å². The topological polar surface area (TPSA) is 88.4 Å². The molecule has 2 heterocycles. The molecule has 0 bridgehead atoms. The van der Waals surface area contributed by atoms with Crippen LogP contribution in [0.4, 0.5) is 0 Å². The van der Waals surface area contributed by atoms with Gasteiger partial charge in [0, 0.05) is 26.2 Å². The smallest absolute Gasteiger partial charge is 0.247 e. The lowest BCUT2D eigenvalue weighted by Gasteiger charge is -2.36. The van der Waals surface area contributed by atoms with E-state index in [0.29, 0.717) is 0 Å². The standard InChI is InChI=1S/C17H21Cl2N5O3S/c1-12(2)15(24-11-20-10-21-24)17(25)22-6-8-23(9-7-22)28(26,27)16-13(18)4-3-5-14(16)19/h3-5,10-12,15H,6-9H2,1-2H3/t15-/m0/s1. The van der Waals surface area contributed by atoms with E-state index in [1.807, 2.05) is 13.8 Å². The van der Waals surface area contributed by atoms with E-state index in [2.05, 4.69) is 10.1 Å². The third-order valence-corrected chi connectivity index (χ3v) is 7.53. The number of carbonyl (C=O) groups is 1. The average molecular weight is 446 g/mol. The van der Waals surface area contributed by atoms with Crippen molar-refractivity contribution >= 4 is 39.1 Å². The second kappa shape index (κ2) is 8.36. The van der Waals surface area contributed by atoms with E-state index in [1.165, 1.54) is 29.1 Å². The van der Waals surface area contributed by atoms with Crippen LogP contribution >= 0.6 is 23.2 Å². The first-order chi connectivity index (χ1) is 13.2. The summed E-state index contributed by atoms with van der Waals surface area (Å²) in [5.74, 6) is -0.0915. The normalized spacial score (nSPS) is 17.1. The highest BCUT2D eigenvalue weighted by atomic mass is 35.5. The summed E-state index contributed by atoms with van der Waals surface area (Å²) in [5.41, 5.74) is 0. The molecule has 1 aliphatic heterocycles. The lowest BCUT2D eigenvalue weighted by atomic mass is 10.0. The molecular weight excluding hydrogens is 425 g/mol. The van der Waals surface area contributed by atoms with E-state index in [1.54, 1.807) is 15.6 Å². The van der Waals surface area contributed by atoms with Crippen molar-refractivity contribution in [2.24, 2.45) is 5.92 Å². The van der Waals surface area contributed by atoms with Crippen molar-refractivity contribution in [2.75, 3.05) is 26.2 Å². The quantitative estimate of drug-likeness (QED) is 0.704. The van der Waals surface area contributed by atoms with Gasteiger partial charge in [-0.15, -0.1) is 0 Å². The Hall–Kier alpha value is -1.68. The summed E-state index contributed by atoms with van der Waals surface area (Å²) in [6.07, 6.45) is 2.91. The van der Waals surface area contributed by atoms with Gasteiger partial charge in [-0.2, -0.15) is 9.40 Å². The largest absolute Gasteiger partial charge is 0.338 e. The Balaban J connectivity index is 1.74. The van der Waals surface area contributed by atoms with Gasteiger partial charge in [-0.25, -0.2) is 18.1 Å². The Bertz CT molecular complexity index is 921. The lowest BCUT2D eigenvalue weighted by molar-refractivity contribution is -0.137. The Labute approximate surface area is 174 Å². The molecule has 1 amide bonds. The molecule has 152 valence electrons. The maximum absolute atomic E-state index is 13.0. The SMILES string of the molecule is CC(C)[C@@H](C(=O)N1CCN(S(=O)(=O)c2c(Cl)cccc2Cl)CC1)n1cncn1. The summed E-state index contributed by atoms with van der Waals surface area (Å²) in [7, 11) is -3.85. The van der Waals surface area contributed by atoms with Gasteiger partial charge in [0.1, 0.15) is 23.6 Å². The van der Waals surface area contributed by atoms with Gasteiger partial charge in [-0.1, -0.05) is 43.1 Å². The molecule has 11 heteroatoms. The molecule has 2 aromatic rings. The number of carbonyl (C=O) groups excluding carboxylic acids is 1. The fourth-order valence-electron chi connectivity index (χ4n) is 3.26. The van der Waals surface area contributed by atoms with Crippen LogP contribution in [0, 0.1) is 5.92 Å². The number of sulfonamides is 1. The molecule has 8 nitrogen and oxygen atoms in total. The fourth-order valence-corrected chi connectivity index (χ4v) is 5.77. The van der Waals surface area contributed by atoms with Gasteiger partial charge in [0.05, 0.1) is 10.0 Å². The molecule has 1 aromatic heterocycles. The van der Waals surface area contributed by atoms with Gasteiger partial charge in [-0.05, 0) is 18.1 Å². The molecule has 0 aliphatic carbocycles. The zero-order valence-electron chi connectivity index (χ0n) is 15.5. The van der Waals surface area contributed by atoms with Gasteiger partial charge in [0.2, 0.25) is 15.9 Å². The molecule has 0 saturated carbocycles. The zero-order valence-corrected chi connectivity index (χ0v) is 17.8. The summed E-state index contributed by atoms with van der Waals surface area (Å²) in [6, 6.07) is 4.09. The first-order valence-corrected chi connectivity index (χ1v) is 11.0. The zero-order chi connectivity index (χ0) is 20.5. The summed E-state index contributed by atoms with van der Waals surface area (Å²) in [4.78, 5) is 18.5. The molecule has 0 radical (unpaired) electrons. The van der Waals surface area contributed by atoms with Crippen molar-refractivity contribution in [2.45, 2.75) is 24.8 Å². The van der Waals surface area contributed by atoms with E-state index < -0.39 is 16.1 Å². The summed E-state index contributed by atoms with van der Waals surface area (Å²) in [6.45, 7) is 4.75. The first-order valence-electron chi connectivity index (χ1n) is 8.80. The molecule has 3 rings (SSSR count). The number of piperazine rings is 1. The molecule has 0 unspecified atom stereocenters. The monoisotopic (exact) mass is 445 g/mol. The highest BCUT2D eigenvalue weighted by Gasteiger charge is 2.36. The third kappa shape index (κ3) is 4.03. The van der Waals surface area contributed by atoms with Crippen molar-refractivity contribution in [1.29, 1.82) is 0 Å². The van der Waals surface area contributed by atoms with Crippen LogP contribution in [-0.2, 0) is 14.8 Å². The molecule has 1 saturated heterocycles. The second-order valence-corrected chi connectivity index (χ2v) is 9.53. The minimum Gasteiger partial charge on any atom is -0.338 e. The van der Waals surface area contributed by atoms with Crippen molar-refractivity contribution in [3.8, 4) is 0 Å². The molecule has 1 atom stereocenters. The summed E-state index contributed by atoms with van der Waals surface area (Å²) < 4.78 is 28.8. The number of amides is 1. The van der Waals surface area contributed by atoms with E-state index in [0.717, 1.165) is 0 Å². The van der Waals surface area contributed by atoms with Crippen molar-refractivity contribution in [1.82, 2.24) is 24.0 Å². The van der Waals surface area contributed by atoms with Gasteiger partial charge in [0.25, 0.3) is 0 Å². The van der Waals surface area contributed by atoms with Crippen molar-refractivity contribution < 1.29 is 13.2 Å². The number of benzene rings is 1. The molecule has 0 spiro atoms. The second-order valence-electron chi connectivity index (χ2n) is 6.84. The van der Waals surface area contributed by atoms with Crippen molar-refractivity contribution in [3.05, 3.63) is 40.9 Å². The first kappa shape index (κ1) is 21.0. The van der Waals surface area contributed by atoms with Crippen molar-refractivity contribution in [3.63, 3.8) is 0 Å². The van der Waals surface area contributed by atoms with E-state index in [9.17, 15) is 13.2 Å². The van der Waals surface area contributed by atoms with E-state index in [-0.39, 0.29) is 52.9 Å². The average Bonchev–Trinajstić information content (AvgIpc) is 3.15. The number of hydrogen-bond donors (Lipinski definition) is 0. The van der Waals surface area contributed by atoms with Gasteiger partial charge >= 0.3 is 0 Å². The Kier molecular flexibility index (Phi) is 6.28. The van der Waals surface area contributed by atoms with Crippen LogP contribution in [0.3, 0.4) is 0 Å². The summed E-state index contributed by atoms with van der Waals surface area (Å²) >= 11 is 12.2. The van der Waals surface area contributed by atoms with E-state index in [4.69, 9.17) is 23.2 Å². The predicted octanol–water partition coefficient (Wildman–Crippen LogP) is 2.32. The van der Waals surface area contributed by atoms with Crippen LogP contribution < -0.4 is 0 Å². The van der Waals surface area contributed by atoms with Crippen LogP contribution in [0.2, 0.25) is 10.0 Å². The van der Waals surface area contributed by atoms with Gasteiger partial charge in [0.15, 0.2) is 0 Å². The number of halogens is 2. The Morgan fingerprint density at radius 3 is 2.21 bits per heavy atom. The molecule has 1 fully saturated rings. The number of nitrogens with zero attached hydrogens (tertiary/aromatic N) is 5. The highest BCUT2D eigenvalue weighted by molar-refractivity contribution is 7.89. The van der Waals surface area contributed by atoms with Gasteiger partial charge < -0.3 is 4.90 Å². The molecule has 1 aromatic carbocycles. The van der Waals surface area contributed by atoms with Crippen LogP contribution in [0.1, 0.15) is 19.9 Å². The Morgan fingerprint density at radius 1 is 1.11 bits per heavy atom. The fraction of sp³-hybridized carbons (Fsp3) is 0.471. The third-order valence-electron chi connectivity index (χ3n) is 4.67. The maximum atomic E-state index is 13.0. The minimum atomic E-state index is -3.85. The minimum absolute atomic E-state index is 0.0119. The molecular formula is C17H21Cl2N5O3S. The lowest BCUT2D eigenvalue weighted by Crippen LogP contribution is -2.52. The predicted molar refractivity (Wildman–Crippen MR) is 106 cm³/mol.